The van der Waals surface area contributed by atoms with Crippen LogP contribution >= 0.6 is 11.3 Å². The number of fused-ring (bicyclic) bond motifs is 7. The molecule has 0 saturated heterocycles. The fourth-order valence-corrected chi connectivity index (χ4v) is 12.9. The molecule has 339 valence electrons. The van der Waals surface area contributed by atoms with Crippen molar-refractivity contribution in [1.29, 1.82) is 0 Å². The number of hydrogen-bond acceptors (Lipinski definition) is 4. The molecule has 0 saturated carbocycles. The average Bonchev–Trinajstić information content (AvgIpc) is 4.13. The van der Waals surface area contributed by atoms with E-state index in [0.29, 0.717) is 11.3 Å². The van der Waals surface area contributed by atoms with Crippen molar-refractivity contribution in [2.45, 2.75) is 37.3 Å². The fourth-order valence-electron chi connectivity index (χ4n) is 8.94. The minimum atomic E-state index is -2.61. The van der Waals surface area contributed by atoms with Gasteiger partial charge in [0, 0.05) is 51.2 Å². The van der Waals surface area contributed by atoms with Gasteiger partial charge in [0.1, 0.15) is 4.83 Å². The molecule has 0 atom stereocenters. The molecule has 1 radical (unpaired) electrons. The first-order valence-electron chi connectivity index (χ1n) is 26.3. The zero-order valence-corrected chi connectivity index (χ0v) is 43.0. The summed E-state index contributed by atoms with van der Waals surface area (Å²) in [6.45, 7) is -4.97. The van der Waals surface area contributed by atoms with Crippen LogP contribution in [0.3, 0.4) is 0 Å². The number of aromatic nitrogens is 4. The minimum Gasteiger partial charge on any atom is -0.332 e. The van der Waals surface area contributed by atoms with Gasteiger partial charge in [-0.1, -0.05) is 144 Å². The van der Waals surface area contributed by atoms with E-state index in [-0.39, 0.29) is 36.9 Å². The third kappa shape index (κ3) is 8.74. The summed E-state index contributed by atoms with van der Waals surface area (Å²) >= 11 is -0.947. The first kappa shape index (κ1) is 37.3. The van der Waals surface area contributed by atoms with Crippen LogP contribution in [-0.4, -0.2) is 32.8 Å². The van der Waals surface area contributed by atoms with Gasteiger partial charge in [-0.3, -0.25) is 4.98 Å². The standard InChI is InChI=1S/C45H28N3S.C16H19FGeN.Ir/c1-3-12-29(13-4-1)28-33-24-26-38-37-20-11-21-39(43(37)49-45(38)46-33)44-47-41-34-18-9-7-16-31(34)23-27-40(41)48(44)42-35-19-10-8-17-32(35)22-25-36(42)30-14-5-2-6-15-30;1-11-7-6-8-13(16(11)17)15-9-12(2)14(10-19-15)18(3,4)5;/h1-20,22-27H,28H2;6-7,9-10H,1-5H3;/q2*-1;/i28D2;1D3,2D3;. The second kappa shape index (κ2) is 19.1. The summed E-state index contributed by atoms with van der Waals surface area (Å²) in [6, 6.07) is 63.5. The molecule has 0 aliphatic rings. The van der Waals surface area contributed by atoms with E-state index in [1.165, 1.54) is 18.3 Å². The summed E-state index contributed by atoms with van der Waals surface area (Å²) in [6.07, 6.45) is -0.246. The molecule has 0 aliphatic heterocycles. The third-order valence-corrected chi connectivity index (χ3v) is 17.6. The summed E-state index contributed by atoms with van der Waals surface area (Å²) in [5.41, 5.74) is 6.76. The van der Waals surface area contributed by atoms with E-state index in [1.54, 1.807) is 11.3 Å². The summed E-state index contributed by atoms with van der Waals surface area (Å²) in [4.78, 5) is 15.5. The molecular formula is C61H47FGeIrN4S-2. The van der Waals surface area contributed by atoms with Crippen LogP contribution in [0.15, 0.2) is 182 Å². The molecule has 8 aromatic carbocycles. The van der Waals surface area contributed by atoms with Crippen molar-refractivity contribution in [2.24, 2.45) is 0 Å². The van der Waals surface area contributed by atoms with Crippen molar-refractivity contribution >= 4 is 81.9 Å². The van der Waals surface area contributed by atoms with Gasteiger partial charge >= 0.3 is 125 Å². The SMILES string of the molecule is [2H]C([2H])([2H])c1cc(-c2[c-]ccc(C([2H])([2H])[2H])c2F)nc[c]1[Ge]([CH3])([CH3])[CH3].[2H]C([2H])(c1ccccc1)c1ccc2c(n1)sc1c(-c3nc4c5ccccc5ccc4n3-c3c(-c4ccccc4)ccc4ccccc34)[c-]ccc12.[Ir]. The molecule has 69 heavy (non-hydrogen) atoms. The Balaban J connectivity index is 0.000000220. The smallest absolute Gasteiger partial charge is 0.114 e. The maximum Gasteiger partial charge on any atom is 0.114 e. The number of halogens is 1. The quantitative estimate of drug-likeness (QED) is 0.118. The van der Waals surface area contributed by atoms with Gasteiger partial charge in [-0.15, -0.1) is 18.2 Å². The van der Waals surface area contributed by atoms with E-state index in [4.69, 9.17) is 20.9 Å². The fraction of sp³-hybridized carbons (Fsp3) is 0.0984. The molecule has 4 heterocycles. The molecule has 0 N–H and O–H groups in total. The Labute approximate surface area is 433 Å². The maximum absolute atomic E-state index is 14.7. The van der Waals surface area contributed by atoms with Crippen molar-refractivity contribution in [2.75, 3.05) is 0 Å². The molecule has 4 aromatic heterocycles. The molecule has 0 unspecified atom stereocenters. The van der Waals surface area contributed by atoms with Crippen molar-refractivity contribution in [3.05, 3.63) is 222 Å². The zero-order chi connectivity index (χ0) is 53.3. The topological polar surface area (TPSA) is 43.6 Å². The second-order valence-electron chi connectivity index (χ2n) is 17.7. The summed E-state index contributed by atoms with van der Waals surface area (Å²) < 4.78 is 82.3. The Morgan fingerprint density at radius 1 is 0.667 bits per heavy atom. The van der Waals surface area contributed by atoms with Crippen LogP contribution in [0.25, 0.3) is 92.3 Å². The molecule has 12 aromatic rings. The van der Waals surface area contributed by atoms with Crippen LogP contribution < -0.4 is 4.40 Å². The number of pyridine rings is 2. The summed E-state index contributed by atoms with van der Waals surface area (Å²) in [7, 11) is 0. The van der Waals surface area contributed by atoms with Gasteiger partial charge < -0.3 is 4.57 Å². The number of nitrogens with zero attached hydrogens (tertiary/aromatic N) is 4. The zero-order valence-electron chi connectivity index (χ0n) is 45.7. The Bertz CT molecular complexity index is 4200. The number of thiophene rings is 1. The monoisotopic (exact) mass is 1160 g/mol. The minimum absolute atomic E-state index is 0. The van der Waals surface area contributed by atoms with Gasteiger partial charge in [0.15, 0.2) is 0 Å². The van der Waals surface area contributed by atoms with Crippen LogP contribution in [0.5, 0.6) is 0 Å². The van der Waals surface area contributed by atoms with Gasteiger partial charge in [-0.05, 0) is 44.1 Å². The number of imidazole rings is 1. The summed E-state index contributed by atoms with van der Waals surface area (Å²) in [5.74, 6) is 6.00. The van der Waals surface area contributed by atoms with Crippen molar-refractivity contribution in [1.82, 2.24) is 19.5 Å². The predicted octanol–water partition coefficient (Wildman–Crippen LogP) is 15.7. The summed E-state index contributed by atoms with van der Waals surface area (Å²) in [5, 5.41) is 6.54. The molecule has 0 aliphatic carbocycles. The average molecular weight is 1160 g/mol. The number of benzene rings is 8. The Morgan fingerprint density at radius 3 is 2.12 bits per heavy atom. The molecule has 0 amide bonds. The van der Waals surface area contributed by atoms with E-state index in [9.17, 15) is 4.39 Å². The number of rotatable bonds is 7. The molecule has 0 bridgehead atoms. The van der Waals surface area contributed by atoms with Crippen LogP contribution in [-0.2, 0) is 26.5 Å². The van der Waals surface area contributed by atoms with E-state index in [1.807, 2.05) is 65.8 Å². The first-order valence-corrected chi connectivity index (χ1v) is 30.4. The van der Waals surface area contributed by atoms with E-state index >= 15 is 0 Å². The molecule has 12 rings (SSSR count). The van der Waals surface area contributed by atoms with Crippen molar-refractivity contribution in [3.63, 3.8) is 0 Å². The van der Waals surface area contributed by atoms with Gasteiger partial charge in [0.25, 0.3) is 0 Å². The van der Waals surface area contributed by atoms with E-state index in [2.05, 4.69) is 131 Å². The van der Waals surface area contributed by atoms with Crippen molar-refractivity contribution < 1.29 is 35.5 Å². The number of hydrogen-bond donors (Lipinski definition) is 0. The first-order chi connectivity index (χ1) is 36.3. The Kier molecular flexibility index (Phi) is 10.3. The van der Waals surface area contributed by atoms with Gasteiger partial charge in [-0.25, -0.2) is 4.98 Å². The third-order valence-electron chi connectivity index (χ3n) is 12.2. The maximum atomic E-state index is 14.7. The van der Waals surface area contributed by atoms with Gasteiger partial charge in [0.2, 0.25) is 0 Å². The molecule has 4 nitrogen and oxygen atoms in total. The Hall–Kier alpha value is -6.61. The molecule has 0 fully saturated rings. The Morgan fingerprint density at radius 2 is 1.35 bits per heavy atom. The molecule has 8 heteroatoms. The molecular weight excluding hydrogens is 1100 g/mol. The van der Waals surface area contributed by atoms with Crippen LogP contribution in [0, 0.1) is 31.7 Å². The van der Waals surface area contributed by atoms with Gasteiger partial charge in [-0.2, -0.15) is 11.3 Å². The van der Waals surface area contributed by atoms with Crippen molar-refractivity contribution in [3.8, 4) is 39.5 Å². The van der Waals surface area contributed by atoms with Crippen LogP contribution in [0.4, 0.5) is 4.39 Å². The predicted molar refractivity (Wildman–Crippen MR) is 287 cm³/mol. The largest absolute Gasteiger partial charge is 0.332 e. The van der Waals surface area contributed by atoms with E-state index < -0.39 is 44.7 Å². The van der Waals surface area contributed by atoms with Crippen LogP contribution in [0.2, 0.25) is 17.3 Å². The molecule has 0 spiro atoms. The van der Waals surface area contributed by atoms with E-state index in [0.717, 1.165) is 91.5 Å². The van der Waals surface area contributed by atoms with Crippen LogP contribution in [0.1, 0.15) is 33.4 Å². The normalized spacial score (nSPS) is 13.9. The van der Waals surface area contributed by atoms with Gasteiger partial charge in [0.05, 0.1) is 22.5 Å². The number of aryl methyl sites for hydroxylation is 2. The second-order valence-corrected chi connectivity index (χ2v) is 29.2.